The Morgan fingerprint density at radius 2 is 1.86 bits per heavy atom. The topological polar surface area (TPSA) is 61.8 Å². The molecule has 2 N–H and O–H groups in total. The van der Waals surface area contributed by atoms with Crippen LogP contribution in [0.2, 0.25) is 0 Å². The number of likely N-dealkylation sites (tertiary alicyclic amines) is 1. The van der Waals surface area contributed by atoms with Crippen molar-refractivity contribution in [2.45, 2.75) is 51.5 Å². The molecule has 1 aliphatic carbocycles. The lowest BCUT2D eigenvalue weighted by Gasteiger charge is -2.35. The van der Waals surface area contributed by atoms with Crippen LogP contribution < -0.4 is 5.32 Å². The van der Waals surface area contributed by atoms with Crippen molar-refractivity contribution in [3.05, 3.63) is 0 Å². The number of amides is 1. The van der Waals surface area contributed by atoms with Crippen LogP contribution in [0.4, 0.5) is 4.79 Å². The molecular weight excluding hydrogens is 268 g/mol. The van der Waals surface area contributed by atoms with E-state index in [0.29, 0.717) is 31.1 Å². The highest BCUT2D eigenvalue weighted by atomic mass is 16.6. The molecular formula is C16H30N2O3. The molecule has 0 aromatic carbocycles. The summed E-state index contributed by atoms with van der Waals surface area (Å²) >= 11 is 0. The summed E-state index contributed by atoms with van der Waals surface area (Å²) in [7, 11) is 0. The Bertz CT molecular complexity index is 317. The van der Waals surface area contributed by atoms with E-state index in [9.17, 15) is 9.90 Å². The number of ether oxygens (including phenoxy) is 1. The predicted molar refractivity (Wildman–Crippen MR) is 82.2 cm³/mol. The fourth-order valence-corrected chi connectivity index (χ4v) is 3.59. The van der Waals surface area contributed by atoms with Crippen molar-refractivity contribution in [2.75, 3.05) is 32.8 Å². The van der Waals surface area contributed by atoms with E-state index in [1.54, 1.807) is 4.90 Å². The Morgan fingerprint density at radius 1 is 1.19 bits per heavy atom. The SMILES string of the molecule is CCOC(=O)N1CCC(NCC2CCCCC2CO)CC1. The number of carbonyl (C=O) groups excluding carboxylic acids is 1. The lowest BCUT2D eigenvalue weighted by Crippen LogP contribution is -2.46. The van der Waals surface area contributed by atoms with Gasteiger partial charge in [0.2, 0.25) is 0 Å². The first kappa shape index (κ1) is 16.6. The van der Waals surface area contributed by atoms with Crippen molar-refractivity contribution in [1.29, 1.82) is 0 Å². The number of aliphatic hydroxyl groups is 1. The lowest BCUT2D eigenvalue weighted by molar-refractivity contribution is 0.0923. The third-order valence-electron chi connectivity index (χ3n) is 4.99. The van der Waals surface area contributed by atoms with E-state index in [1.807, 2.05) is 6.92 Å². The van der Waals surface area contributed by atoms with Gasteiger partial charge in [0.1, 0.15) is 0 Å². The van der Waals surface area contributed by atoms with Crippen LogP contribution in [0.3, 0.4) is 0 Å². The smallest absolute Gasteiger partial charge is 0.409 e. The summed E-state index contributed by atoms with van der Waals surface area (Å²) in [6.45, 7) is 5.19. The first-order valence-electron chi connectivity index (χ1n) is 8.50. The third-order valence-corrected chi connectivity index (χ3v) is 4.99. The summed E-state index contributed by atoms with van der Waals surface area (Å²) in [5.74, 6) is 1.10. The molecule has 2 fully saturated rings. The first-order chi connectivity index (χ1) is 10.2. The lowest BCUT2D eigenvalue weighted by atomic mass is 9.79. The predicted octanol–water partition coefficient (Wildman–Crippen LogP) is 2.00. The summed E-state index contributed by atoms with van der Waals surface area (Å²) in [6.07, 6.45) is 6.78. The maximum absolute atomic E-state index is 11.6. The molecule has 0 radical (unpaired) electrons. The highest BCUT2D eigenvalue weighted by Crippen LogP contribution is 2.29. The third kappa shape index (κ3) is 4.85. The Hall–Kier alpha value is -0.810. The average Bonchev–Trinajstić information content (AvgIpc) is 2.54. The molecule has 2 atom stereocenters. The van der Waals surface area contributed by atoms with Gasteiger partial charge in [-0.3, -0.25) is 0 Å². The fraction of sp³-hybridized carbons (Fsp3) is 0.938. The highest BCUT2D eigenvalue weighted by Gasteiger charge is 2.27. The number of piperidine rings is 1. The summed E-state index contributed by atoms with van der Waals surface area (Å²) < 4.78 is 5.04. The minimum atomic E-state index is -0.177. The Labute approximate surface area is 128 Å². The molecule has 122 valence electrons. The van der Waals surface area contributed by atoms with Crippen LogP contribution >= 0.6 is 0 Å². The van der Waals surface area contributed by atoms with E-state index >= 15 is 0 Å². The van der Waals surface area contributed by atoms with Gasteiger partial charge >= 0.3 is 6.09 Å². The van der Waals surface area contributed by atoms with E-state index in [1.165, 1.54) is 25.7 Å². The number of rotatable bonds is 5. The maximum Gasteiger partial charge on any atom is 0.409 e. The largest absolute Gasteiger partial charge is 0.450 e. The van der Waals surface area contributed by atoms with E-state index in [2.05, 4.69) is 5.32 Å². The number of nitrogens with one attached hydrogen (secondary N) is 1. The van der Waals surface area contributed by atoms with E-state index in [4.69, 9.17) is 4.74 Å². The van der Waals surface area contributed by atoms with Crippen LogP contribution in [0, 0.1) is 11.8 Å². The van der Waals surface area contributed by atoms with Gasteiger partial charge in [-0.15, -0.1) is 0 Å². The number of hydrogen-bond donors (Lipinski definition) is 2. The van der Waals surface area contributed by atoms with Crippen LogP contribution in [0.1, 0.15) is 45.4 Å². The highest BCUT2D eigenvalue weighted by molar-refractivity contribution is 5.67. The van der Waals surface area contributed by atoms with Gasteiger partial charge in [0.05, 0.1) is 6.61 Å². The molecule has 1 saturated carbocycles. The summed E-state index contributed by atoms with van der Waals surface area (Å²) in [4.78, 5) is 13.5. The molecule has 1 heterocycles. The normalized spacial score (nSPS) is 27.6. The molecule has 5 nitrogen and oxygen atoms in total. The number of carbonyl (C=O) groups is 1. The van der Waals surface area contributed by atoms with Crippen LogP contribution in [0.15, 0.2) is 0 Å². The van der Waals surface area contributed by atoms with Gasteiger partial charge in [0, 0.05) is 25.7 Å². The molecule has 1 aliphatic heterocycles. The van der Waals surface area contributed by atoms with Crippen LogP contribution in [-0.4, -0.2) is 55.0 Å². The van der Waals surface area contributed by atoms with Gasteiger partial charge in [-0.1, -0.05) is 12.8 Å². The fourth-order valence-electron chi connectivity index (χ4n) is 3.59. The monoisotopic (exact) mass is 298 g/mol. The molecule has 0 bridgehead atoms. The van der Waals surface area contributed by atoms with E-state index in [-0.39, 0.29) is 6.09 Å². The summed E-state index contributed by atoms with van der Waals surface area (Å²) in [6, 6.07) is 0.497. The van der Waals surface area contributed by atoms with Gasteiger partial charge in [0.25, 0.3) is 0 Å². The van der Waals surface area contributed by atoms with Crippen molar-refractivity contribution >= 4 is 6.09 Å². The molecule has 21 heavy (non-hydrogen) atoms. The van der Waals surface area contributed by atoms with Gasteiger partial charge in [-0.05, 0) is 51.0 Å². The van der Waals surface area contributed by atoms with Gasteiger partial charge in [-0.25, -0.2) is 4.79 Å². The van der Waals surface area contributed by atoms with Gasteiger partial charge in [-0.2, -0.15) is 0 Å². The van der Waals surface area contributed by atoms with Gasteiger partial charge < -0.3 is 20.1 Å². The van der Waals surface area contributed by atoms with Crippen molar-refractivity contribution in [2.24, 2.45) is 11.8 Å². The quantitative estimate of drug-likeness (QED) is 0.815. The summed E-state index contributed by atoms with van der Waals surface area (Å²) in [5.41, 5.74) is 0. The minimum absolute atomic E-state index is 0.177. The van der Waals surface area contributed by atoms with Crippen molar-refractivity contribution in [3.63, 3.8) is 0 Å². The van der Waals surface area contributed by atoms with Crippen LogP contribution in [0.5, 0.6) is 0 Å². The Morgan fingerprint density at radius 3 is 2.48 bits per heavy atom. The first-order valence-corrected chi connectivity index (χ1v) is 8.50. The molecule has 2 aliphatic rings. The zero-order valence-electron chi connectivity index (χ0n) is 13.2. The van der Waals surface area contributed by atoms with Crippen molar-refractivity contribution < 1.29 is 14.6 Å². The zero-order chi connectivity index (χ0) is 15.1. The van der Waals surface area contributed by atoms with Crippen LogP contribution in [0.25, 0.3) is 0 Å². The molecule has 1 saturated heterocycles. The second-order valence-electron chi connectivity index (χ2n) is 6.36. The second-order valence-corrected chi connectivity index (χ2v) is 6.36. The van der Waals surface area contributed by atoms with Gasteiger partial charge in [0.15, 0.2) is 0 Å². The minimum Gasteiger partial charge on any atom is -0.450 e. The number of aliphatic hydroxyl groups excluding tert-OH is 1. The maximum atomic E-state index is 11.6. The Balaban J connectivity index is 1.67. The molecule has 0 aromatic rings. The molecule has 0 spiro atoms. The Kier molecular flexibility index (Phi) is 6.77. The summed E-state index contributed by atoms with van der Waals surface area (Å²) in [5, 5.41) is 13.1. The van der Waals surface area contributed by atoms with Crippen molar-refractivity contribution in [3.8, 4) is 0 Å². The van der Waals surface area contributed by atoms with E-state index in [0.717, 1.165) is 32.5 Å². The molecule has 2 rings (SSSR count). The average molecular weight is 298 g/mol. The number of hydrogen-bond acceptors (Lipinski definition) is 4. The van der Waals surface area contributed by atoms with Crippen LogP contribution in [-0.2, 0) is 4.74 Å². The zero-order valence-corrected chi connectivity index (χ0v) is 13.2. The molecule has 1 amide bonds. The van der Waals surface area contributed by atoms with Crippen molar-refractivity contribution in [1.82, 2.24) is 10.2 Å². The standard InChI is InChI=1S/C16H30N2O3/c1-2-21-16(20)18-9-7-15(8-10-18)17-11-13-5-3-4-6-14(13)12-19/h13-15,17,19H,2-12H2,1H3. The second kappa shape index (κ2) is 8.59. The molecule has 2 unspecified atom stereocenters. The molecule has 5 heteroatoms. The number of nitrogens with zero attached hydrogens (tertiary/aromatic N) is 1. The van der Waals surface area contributed by atoms with E-state index < -0.39 is 0 Å². The molecule has 0 aromatic heterocycles.